The molecule has 0 spiro atoms. The molecule has 0 radical (unpaired) electrons. The standard InChI is InChI=1S/C15H16IN/c1-2-17(15-6-4-3-5-7-15)12-13-8-10-14(16)11-9-13/h3-11H,2,12H2,1H3. The Hall–Kier alpha value is -1.03. The van der Waals surface area contributed by atoms with Gasteiger partial charge in [0.2, 0.25) is 0 Å². The van der Waals surface area contributed by atoms with E-state index in [1.807, 2.05) is 0 Å². The molecule has 2 aromatic carbocycles. The van der Waals surface area contributed by atoms with Crippen molar-refractivity contribution in [2.45, 2.75) is 13.5 Å². The molecule has 0 atom stereocenters. The quantitative estimate of drug-likeness (QED) is 0.751. The molecule has 88 valence electrons. The summed E-state index contributed by atoms with van der Waals surface area (Å²) in [6.07, 6.45) is 0. The summed E-state index contributed by atoms with van der Waals surface area (Å²) >= 11 is 2.34. The average Bonchev–Trinajstić information content (AvgIpc) is 2.39. The van der Waals surface area contributed by atoms with Crippen molar-refractivity contribution in [1.82, 2.24) is 0 Å². The van der Waals surface area contributed by atoms with Gasteiger partial charge in [0, 0.05) is 22.3 Å². The number of hydrogen-bond acceptors (Lipinski definition) is 1. The van der Waals surface area contributed by atoms with E-state index in [2.05, 4.69) is 89.0 Å². The minimum atomic E-state index is 0.970. The topological polar surface area (TPSA) is 3.24 Å². The van der Waals surface area contributed by atoms with Crippen LogP contribution >= 0.6 is 22.6 Å². The highest BCUT2D eigenvalue weighted by molar-refractivity contribution is 14.1. The van der Waals surface area contributed by atoms with Crippen molar-refractivity contribution in [1.29, 1.82) is 0 Å². The van der Waals surface area contributed by atoms with Gasteiger partial charge >= 0.3 is 0 Å². The SMILES string of the molecule is CCN(Cc1ccc(I)cc1)c1ccccc1. The Balaban J connectivity index is 2.13. The van der Waals surface area contributed by atoms with Crippen LogP contribution in [0, 0.1) is 3.57 Å². The van der Waals surface area contributed by atoms with Crippen LogP contribution in [0.15, 0.2) is 54.6 Å². The molecule has 17 heavy (non-hydrogen) atoms. The number of nitrogens with zero attached hydrogens (tertiary/aromatic N) is 1. The van der Waals surface area contributed by atoms with Gasteiger partial charge in [-0.05, 0) is 59.3 Å². The lowest BCUT2D eigenvalue weighted by molar-refractivity contribution is 0.832. The van der Waals surface area contributed by atoms with Crippen LogP contribution in [0.2, 0.25) is 0 Å². The van der Waals surface area contributed by atoms with Crippen LogP contribution < -0.4 is 4.90 Å². The maximum absolute atomic E-state index is 2.38. The third kappa shape index (κ3) is 3.46. The predicted molar refractivity (Wildman–Crippen MR) is 82.3 cm³/mol. The van der Waals surface area contributed by atoms with E-state index in [0.29, 0.717) is 0 Å². The van der Waals surface area contributed by atoms with Crippen LogP contribution in [0.4, 0.5) is 5.69 Å². The van der Waals surface area contributed by atoms with Crippen molar-refractivity contribution in [3.8, 4) is 0 Å². The van der Waals surface area contributed by atoms with Crippen LogP contribution in [0.25, 0.3) is 0 Å². The van der Waals surface area contributed by atoms with E-state index in [4.69, 9.17) is 0 Å². The highest BCUT2D eigenvalue weighted by Crippen LogP contribution is 2.17. The van der Waals surface area contributed by atoms with Gasteiger partial charge in [-0.15, -0.1) is 0 Å². The van der Waals surface area contributed by atoms with Crippen molar-refractivity contribution >= 4 is 28.3 Å². The Labute approximate surface area is 117 Å². The number of para-hydroxylation sites is 1. The van der Waals surface area contributed by atoms with Crippen LogP contribution in [-0.4, -0.2) is 6.54 Å². The summed E-state index contributed by atoms with van der Waals surface area (Å²) < 4.78 is 1.29. The lowest BCUT2D eigenvalue weighted by Gasteiger charge is -2.23. The first-order valence-electron chi connectivity index (χ1n) is 5.84. The lowest BCUT2D eigenvalue weighted by atomic mass is 10.2. The van der Waals surface area contributed by atoms with Gasteiger partial charge in [-0.2, -0.15) is 0 Å². The minimum absolute atomic E-state index is 0.970. The molecule has 0 unspecified atom stereocenters. The van der Waals surface area contributed by atoms with E-state index < -0.39 is 0 Å². The first-order valence-corrected chi connectivity index (χ1v) is 6.92. The van der Waals surface area contributed by atoms with Gasteiger partial charge < -0.3 is 4.90 Å². The average molecular weight is 337 g/mol. The number of rotatable bonds is 4. The summed E-state index contributed by atoms with van der Waals surface area (Å²) in [4.78, 5) is 2.38. The number of anilines is 1. The molecular formula is C15H16IN. The number of hydrogen-bond donors (Lipinski definition) is 0. The minimum Gasteiger partial charge on any atom is -0.367 e. The van der Waals surface area contributed by atoms with E-state index in [0.717, 1.165) is 13.1 Å². The monoisotopic (exact) mass is 337 g/mol. The largest absolute Gasteiger partial charge is 0.367 e. The van der Waals surface area contributed by atoms with Gasteiger partial charge in [0.1, 0.15) is 0 Å². The lowest BCUT2D eigenvalue weighted by Crippen LogP contribution is -2.21. The molecule has 1 nitrogen and oxygen atoms in total. The van der Waals surface area contributed by atoms with Gasteiger partial charge in [0.25, 0.3) is 0 Å². The van der Waals surface area contributed by atoms with E-state index in [1.54, 1.807) is 0 Å². The van der Waals surface area contributed by atoms with Gasteiger partial charge in [-0.25, -0.2) is 0 Å². The van der Waals surface area contributed by atoms with E-state index in [-0.39, 0.29) is 0 Å². The van der Waals surface area contributed by atoms with Crippen molar-refractivity contribution in [2.24, 2.45) is 0 Å². The van der Waals surface area contributed by atoms with Gasteiger partial charge in [-0.3, -0.25) is 0 Å². The molecule has 0 heterocycles. The fourth-order valence-electron chi connectivity index (χ4n) is 1.83. The van der Waals surface area contributed by atoms with Crippen LogP contribution in [0.3, 0.4) is 0 Å². The Bertz CT molecular complexity index is 450. The Morgan fingerprint density at radius 1 is 0.941 bits per heavy atom. The third-order valence-electron chi connectivity index (χ3n) is 2.79. The highest BCUT2D eigenvalue weighted by Gasteiger charge is 2.04. The number of halogens is 1. The summed E-state index contributed by atoms with van der Waals surface area (Å²) in [5, 5.41) is 0. The first-order chi connectivity index (χ1) is 8.29. The Kier molecular flexibility index (Phi) is 4.42. The van der Waals surface area contributed by atoms with Crippen molar-refractivity contribution in [2.75, 3.05) is 11.4 Å². The molecule has 0 amide bonds. The van der Waals surface area contributed by atoms with Crippen LogP contribution in [0.5, 0.6) is 0 Å². The van der Waals surface area contributed by atoms with Crippen molar-refractivity contribution in [3.05, 3.63) is 63.7 Å². The second-order valence-corrected chi connectivity index (χ2v) is 5.22. The third-order valence-corrected chi connectivity index (χ3v) is 3.51. The summed E-state index contributed by atoms with van der Waals surface area (Å²) in [6.45, 7) is 4.19. The zero-order valence-corrected chi connectivity index (χ0v) is 12.1. The second kappa shape index (κ2) is 6.05. The maximum Gasteiger partial charge on any atom is 0.0429 e. The molecule has 0 saturated heterocycles. The zero-order chi connectivity index (χ0) is 12.1. The summed E-state index contributed by atoms with van der Waals surface area (Å²) in [5.41, 5.74) is 2.64. The fraction of sp³-hybridized carbons (Fsp3) is 0.200. The summed E-state index contributed by atoms with van der Waals surface area (Å²) in [6, 6.07) is 19.3. The molecule has 2 heteroatoms. The molecular weight excluding hydrogens is 321 g/mol. The van der Waals surface area contributed by atoms with Crippen LogP contribution in [0.1, 0.15) is 12.5 Å². The molecule has 0 N–H and O–H groups in total. The van der Waals surface area contributed by atoms with Gasteiger partial charge in [-0.1, -0.05) is 30.3 Å². The van der Waals surface area contributed by atoms with E-state index in [9.17, 15) is 0 Å². The highest BCUT2D eigenvalue weighted by atomic mass is 127. The maximum atomic E-state index is 2.38. The molecule has 2 rings (SSSR count). The molecule has 0 aliphatic heterocycles. The second-order valence-electron chi connectivity index (χ2n) is 3.98. The molecule has 0 aliphatic rings. The smallest absolute Gasteiger partial charge is 0.0429 e. The fourth-order valence-corrected chi connectivity index (χ4v) is 2.19. The summed E-state index contributed by atoms with van der Waals surface area (Å²) in [5.74, 6) is 0. The van der Waals surface area contributed by atoms with E-state index in [1.165, 1.54) is 14.8 Å². The summed E-state index contributed by atoms with van der Waals surface area (Å²) in [7, 11) is 0. The molecule has 0 aliphatic carbocycles. The molecule has 2 aromatic rings. The van der Waals surface area contributed by atoms with Crippen molar-refractivity contribution < 1.29 is 0 Å². The van der Waals surface area contributed by atoms with Crippen LogP contribution in [-0.2, 0) is 6.54 Å². The Morgan fingerprint density at radius 3 is 2.18 bits per heavy atom. The van der Waals surface area contributed by atoms with Crippen molar-refractivity contribution in [3.63, 3.8) is 0 Å². The molecule has 0 bridgehead atoms. The first kappa shape index (κ1) is 12.4. The van der Waals surface area contributed by atoms with Gasteiger partial charge in [0.05, 0.1) is 0 Å². The predicted octanol–water partition coefficient (Wildman–Crippen LogP) is 4.32. The molecule has 0 saturated carbocycles. The number of benzene rings is 2. The zero-order valence-electron chi connectivity index (χ0n) is 9.94. The normalized spacial score (nSPS) is 10.2. The van der Waals surface area contributed by atoms with E-state index >= 15 is 0 Å². The molecule has 0 aromatic heterocycles. The van der Waals surface area contributed by atoms with Gasteiger partial charge in [0.15, 0.2) is 0 Å². The molecule has 0 fully saturated rings. The Morgan fingerprint density at radius 2 is 1.59 bits per heavy atom.